The Balaban J connectivity index is 1.99. The molecular weight excluding hydrogens is 326 g/mol. The lowest BCUT2D eigenvalue weighted by Crippen LogP contribution is -2.38. The average molecular weight is 347 g/mol. The van der Waals surface area contributed by atoms with Gasteiger partial charge in [-0.15, -0.1) is 10.2 Å². The van der Waals surface area contributed by atoms with Gasteiger partial charge in [0.05, 0.1) is 6.61 Å². The number of aliphatic carboxylic acids is 1. The molecule has 0 aliphatic rings. The molecule has 0 aliphatic carbocycles. The first kappa shape index (κ1) is 18.5. The number of tetrazole rings is 1. The second-order valence-corrected chi connectivity index (χ2v) is 5.73. The van der Waals surface area contributed by atoms with E-state index < -0.39 is 18.6 Å². The predicted octanol–water partition coefficient (Wildman–Crippen LogP) is 0.755. The predicted molar refractivity (Wildman–Crippen MR) is 88.6 cm³/mol. The summed E-state index contributed by atoms with van der Waals surface area (Å²) in [5.41, 5.74) is 0.818. The number of carbonyl (C=O) groups excluding carboxylic acids is 1. The molecule has 1 amide bonds. The van der Waals surface area contributed by atoms with Crippen LogP contribution in [0.15, 0.2) is 30.3 Å². The van der Waals surface area contributed by atoms with Gasteiger partial charge < -0.3 is 15.2 Å². The van der Waals surface area contributed by atoms with Crippen molar-refractivity contribution in [2.24, 2.45) is 5.92 Å². The van der Waals surface area contributed by atoms with E-state index in [-0.39, 0.29) is 25.0 Å². The normalized spacial score (nSPS) is 12.1. The molecule has 0 fully saturated rings. The van der Waals surface area contributed by atoms with Crippen LogP contribution in [0.4, 0.5) is 0 Å². The molecule has 2 N–H and O–H groups in total. The molecule has 25 heavy (non-hydrogen) atoms. The monoisotopic (exact) mass is 347 g/mol. The molecule has 0 saturated carbocycles. The number of ether oxygens (including phenoxy) is 1. The van der Waals surface area contributed by atoms with Crippen LogP contribution in [0.5, 0.6) is 0 Å². The van der Waals surface area contributed by atoms with Crippen molar-refractivity contribution >= 4 is 11.9 Å². The quantitative estimate of drug-likeness (QED) is 0.642. The van der Waals surface area contributed by atoms with Crippen LogP contribution in [0.25, 0.3) is 11.4 Å². The average Bonchev–Trinajstić information content (AvgIpc) is 3.04. The Bertz CT molecular complexity index is 702. The summed E-state index contributed by atoms with van der Waals surface area (Å²) < 4.78 is 4.89. The van der Waals surface area contributed by atoms with Gasteiger partial charge in [0.25, 0.3) is 0 Å². The van der Waals surface area contributed by atoms with Crippen molar-refractivity contribution in [3.63, 3.8) is 0 Å². The van der Waals surface area contributed by atoms with E-state index in [1.807, 2.05) is 44.2 Å². The highest BCUT2D eigenvalue weighted by Crippen LogP contribution is 2.18. The molecule has 0 saturated heterocycles. The van der Waals surface area contributed by atoms with E-state index in [4.69, 9.17) is 9.84 Å². The van der Waals surface area contributed by atoms with Crippen LogP contribution in [0.2, 0.25) is 0 Å². The summed E-state index contributed by atoms with van der Waals surface area (Å²) in [6.07, 6.45) is 0. The van der Waals surface area contributed by atoms with Crippen LogP contribution in [-0.4, -0.2) is 56.9 Å². The van der Waals surface area contributed by atoms with Crippen molar-refractivity contribution in [3.8, 4) is 11.4 Å². The Morgan fingerprint density at radius 1 is 1.28 bits per heavy atom. The maximum Gasteiger partial charge on any atom is 0.329 e. The van der Waals surface area contributed by atoms with Gasteiger partial charge in [-0.05, 0) is 11.1 Å². The van der Waals surface area contributed by atoms with Crippen molar-refractivity contribution in [2.45, 2.75) is 19.9 Å². The summed E-state index contributed by atoms with van der Waals surface area (Å²) in [6, 6.07) is 8.76. The first-order valence-corrected chi connectivity index (χ1v) is 7.91. The van der Waals surface area contributed by atoms with Gasteiger partial charge in [0.1, 0.15) is 6.61 Å². The van der Waals surface area contributed by atoms with Gasteiger partial charge >= 0.3 is 5.97 Å². The van der Waals surface area contributed by atoms with E-state index in [1.54, 1.807) is 0 Å². The molecule has 0 spiro atoms. The fourth-order valence-corrected chi connectivity index (χ4v) is 2.23. The zero-order valence-electron chi connectivity index (χ0n) is 14.1. The van der Waals surface area contributed by atoms with Crippen LogP contribution in [-0.2, 0) is 14.3 Å². The van der Waals surface area contributed by atoms with Gasteiger partial charge in [0.15, 0.2) is 6.04 Å². The first-order chi connectivity index (χ1) is 12.0. The summed E-state index contributed by atoms with van der Waals surface area (Å²) in [5.74, 6) is -0.931. The molecule has 134 valence electrons. The molecule has 0 radical (unpaired) electrons. The molecule has 1 heterocycles. The Morgan fingerprint density at radius 2 is 2.00 bits per heavy atom. The van der Waals surface area contributed by atoms with E-state index >= 15 is 0 Å². The SMILES string of the molecule is CC(C)C(C(=O)NCCOCC(=O)O)n1nnc(-c2ccccc2)n1. The molecular formula is C16H21N5O4. The number of aromatic nitrogens is 4. The minimum absolute atomic E-state index is 0.0576. The summed E-state index contributed by atoms with van der Waals surface area (Å²) in [7, 11) is 0. The molecule has 1 aromatic heterocycles. The van der Waals surface area contributed by atoms with E-state index in [0.29, 0.717) is 5.82 Å². The van der Waals surface area contributed by atoms with Gasteiger partial charge in [-0.2, -0.15) is 4.80 Å². The summed E-state index contributed by atoms with van der Waals surface area (Å²) in [5, 5.41) is 23.5. The lowest BCUT2D eigenvalue weighted by molar-refractivity contribution is -0.142. The Hall–Kier alpha value is -2.81. The largest absolute Gasteiger partial charge is 0.480 e. The van der Waals surface area contributed by atoms with Crippen molar-refractivity contribution < 1.29 is 19.4 Å². The van der Waals surface area contributed by atoms with Crippen LogP contribution in [0.3, 0.4) is 0 Å². The third kappa shape index (κ3) is 5.35. The van der Waals surface area contributed by atoms with Crippen molar-refractivity contribution in [2.75, 3.05) is 19.8 Å². The molecule has 0 aliphatic heterocycles. The van der Waals surface area contributed by atoms with Crippen LogP contribution in [0, 0.1) is 5.92 Å². The van der Waals surface area contributed by atoms with E-state index in [9.17, 15) is 9.59 Å². The summed E-state index contributed by atoms with van der Waals surface area (Å²) >= 11 is 0. The number of benzene rings is 1. The van der Waals surface area contributed by atoms with E-state index in [1.165, 1.54) is 4.80 Å². The minimum Gasteiger partial charge on any atom is -0.480 e. The maximum absolute atomic E-state index is 12.4. The molecule has 9 nitrogen and oxygen atoms in total. The lowest BCUT2D eigenvalue weighted by atomic mass is 10.0. The Kier molecular flexibility index (Phi) is 6.58. The van der Waals surface area contributed by atoms with Crippen LogP contribution < -0.4 is 5.32 Å². The second-order valence-electron chi connectivity index (χ2n) is 5.73. The molecule has 2 rings (SSSR count). The molecule has 1 atom stereocenters. The van der Waals surface area contributed by atoms with Crippen molar-refractivity contribution in [1.82, 2.24) is 25.5 Å². The fourth-order valence-electron chi connectivity index (χ4n) is 2.23. The maximum atomic E-state index is 12.4. The highest BCUT2D eigenvalue weighted by molar-refractivity contribution is 5.80. The number of nitrogens with one attached hydrogen (secondary N) is 1. The first-order valence-electron chi connectivity index (χ1n) is 7.91. The Labute approximate surface area is 145 Å². The number of carboxylic acids is 1. The van der Waals surface area contributed by atoms with Gasteiger partial charge in [0.2, 0.25) is 11.7 Å². The molecule has 2 aromatic rings. The standard InChI is InChI=1S/C16H21N5O4/c1-11(2)14(16(24)17-8-9-25-10-13(22)23)21-19-15(18-20-21)12-6-4-3-5-7-12/h3-7,11,14H,8-10H2,1-2H3,(H,17,24)(H,22,23). The third-order valence-corrected chi connectivity index (χ3v) is 3.38. The van der Waals surface area contributed by atoms with Gasteiger partial charge in [-0.1, -0.05) is 44.2 Å². The topological polar surface area (TPSA) is 119 Å². The number of amides is 1. The minimum atomic E-state index is -1.05. The fraction of sp³-hybridized carbons (Fsp3) is 0.438. The molecule has 9 heteroatoms. The third-order valence-electron chi connectivity index (χ3n) is 3.38. The number of rotatable bonds is 9. The summed E-state index contributed by atoms with van der Waals surface area (Å²) in [4.78, 5) is 24.1. The van der Waals surface area contributed by atoms with Gasteiger partial charge in [0, 0.05) is 12.1 Å². The number of hydrogen-bond donors (Lipinski definition) is 2. The van der Waals surface area contributed by atoms with Crippen molar-refractivity contribution in [3.05, 3.63) is 30.3 Å². The van der Waals surface area contributed by atoms with E-state index in [2.05, 4.69) is 20.7 Å². The molecule has 1 aromatic carbocycles. The zero-order chi connectivity index (χ0) is 18.2. The zero-order valence-corrected chi connectivity index (χ0v) is 14.1. The highest BCUT2D eigenvalue weighted by atomic mass is 16.5. The highest BCUT2D eigenvalue weighted by Gasteiger charge is 2.26. The smallest absolute Gasteiger partial charge is 0.329 e. The van der Waals surface area contributed by atoms with Gasteiger partial charge in [-0.3, -0.25) is 4.79 Å². The molecule has 1 unspecified atom stereocenters. The van der Waals surface area contributed by atoms with Crippen LogP contribution in [0.1, 0.15) is 19.9 Å². The number of carboxylic acid groups (broad SMARTS) is 1. The van der Waals surface area contributed by atoms with E-state index in [0.717, 1.165) is 5.56 Å². The number of hydrogen-bond acceptors (Lipinski definition) is 6. The van der Waals surface area contributed by atoms with Crippen LogP contribution >= 0.6 is 0 Å². The summed E-state index contributed by atoms with van der Waals surface area (Å²) in [6.45, 7) is 3.69. The van der Waals surface area contributed by atoms with Gasteiger partial charge in [-0.25, -0.2) is 4.79 Å². The lowest BCUT2D eigenvalue weighted by Gasteiger charge is -2.18. The second kappa shape index (κ2) is 8.88. The Morgan fingerprint density at radius 3 is 2.64 bits per heavy atom. The number of nitrogens with zero attached hydrogens (tertiary/aromatic N) is 4. The van der Waals surface area contributed by atoms with Crippen molar-refractivity contribution in [1.29, 1.82) is 0 Å². The number of carbonyl (C=O) groups is 2. The molecule has 0 bridgehead atoms.